The first kappa shape index (κ1) is 19.9. The Morgan fingerprint density at radius 1 is 1.04 bits per heavy atom. The SMILES string of the molecule is COC(=O)c1sc(NC(=O)[C@@H]2CCCC[C@H]2C(=O)O)c(C(=O)OC)c1C. The van der Waals surface area contributed by atoms with E-state index in [-0.39, 0.29) is 15.4 Å². The molecule has 2 rings (SSSR count). The lowest BCUT2D eigenvalue weighted by atomic mass is 9.79. The van der Waals surface area contributed by atoms with Gasteiger partial charge in [-0.15, -0.1) is 11.3 Å². The third-order valence-electron chi connectivity index (χ3n) is 4.56. The zero-order chi connectivity index (χ0) is 19.4. The van der Waals surface area contributed by atoms with Crippen molar-refractivity contribution in [3.8, 4) is 0 Å². The highest BCUT2D eigenvalue weighted by Gasteiger charge is 2.37. The Morgan fingerprint density at radius 3 is 2.15 bits per heavy atom. The van der Waals surface area contributed by atoms with Crippen LogP contribution in [-0.2, 0) is 19.1 Å². The van der Waals surface area contributed by atoms with Gasteiger partial charge in [-0.25, -0.2) is 9.59 Å². The summed E-state index contributed by atoms with van der Waals surface area (Å²) >= 11 is 0.910. The normalized spacial score (nSPS) is 19.5. The van der Waals surface area contributed by atoms with Gasteiger partial charge in [-0.2, -0.15) is 0 Å². The van der Waals surface area contributed by atoms with Crippen molar-refractivity contribution >= 4 is 40.2 Å². The molecule has 1 heterocycles. The van der Waals surface area contributed by atoms with E-state index in [1.165, 1.54) is 14.2 Å². The molecule has 0 unspecified atom stereocenters. The predicted molar refractivity (Wildman–Crippen MR) is 93.4 cm³/mol. The van der Waals surface area contributed by atoms with Gasteiger partial charge in [-0.05, 0) is 25.3 Å². The molecule has 0 aromatic carbocycles. The molecular formula is C17H21NO7S. The Morgan fingerprint density at radius 2 is 1.62 bits per heavy atom. The van der Waals surface area contributed by atoms with Crippen LogP contribution < -0.4 is 5.32 Å². The summed E-state index contributed by atoms with van der Waals surface area (Å²) in [6.45, 7) is 1.56. The number of rotatable bonds is 5. The van der Waals surface area contributed by atoms with Crippen molar-refractivity contribution in [3.63, 3.8) is 0 Å². The van der Waals surface area contributed by atoms with E-state index in [1.54, 1.807) is 6.92 Å². The molecule has 1 amide bonds. The smallest absolute Gasteiger partial charge is 0.348 e. The van der Waals surface area contributed by atoms with Crippen LogP contribution >= 0.6 is 11.3 Å². The molecule has 0 aliphatic heterocycles. The average Bonchev–Trinajstić information content (AvgIpc) is 2.96. The average molecular weight is 383 g/mol. The molecule has 1 aromatic rings. The van der Waals surface area contributed by atoms with Gasteiger partial charge in [0.05, 0.1) is 31.6 Å². The molecule has 2 atom stereocenters. The first-order valence-corrected chi connectivity index (χ1v) is 8.97. The number of carboxylic acid groups (broad SMARTS) is 1. The Hall–Kier alpha value is -2.42. The van der Waals surface area contributed by atoms with Gasteiger partial charge in [0, 0.05) is 0 Å². The van der Waals surface area contributed by atoms with Crippen LogP contribution in [0.3, 0.4) is 0 Å². The van der Waals surface area contributed by atoms with E-state index in [2.05, 4.69) is 5.32 Å². The van der Waals surface area contributed by atoms with Gasteiger partial charge in [0.2, 0.25) is 5.91 Å². The number of carbonyl (C=O) groups is 4. The van der Waals surface area contributed by atoms with E-state index in [0.29, 0.717) is 18.4 Å². The van der Waals surface area contributed by atoms with Gasteiger partial charge < -0.3 is 19.9 Å². The molecule has 26 heavy (non-hydrogen) atoms. The molecule has 1 aliphatic carbocycles. The van der Waals surface area contributed by atoms with Gasteiger partial charge in [0.1, 0.15) is 9.88 Å². The van der Waals surface area contributed by atoms with Crippen molar-refractivity contribution in [1.82, 2.24) is 0 Å². The molecule has 1 saturated carbocycles. The number of esters is 2. The molecule has 1 fully saturated rings. The highest BCUT2D eigenvalue weighted by Crippen LogP contribution is 2.36. The summed E-state index contributed by atoms with van der Waals surface area (Å²) < 4.78 is 9.44. The number of aliphatic carboxylic acids is 1. The number of nitrogens with one attached hydrogen (secondary N) is 1. The van der Waals surface area contributed by atoms with Crippen molar-refractivity contribution in [2.24, 2.45) is 11.8 Å². The lowest BCUT2D eigenvalue weighted by Crippen LogP contribution is -2.36. The molecule has 0 bridgehead atoms. The lowest BCUT2D eigenvalue weighted by molar-refractivity contribution is -0.147. The van der Waals surface area contributed by atoms with Gasteiger partial charge in [0.25, 0.3) is 0 Å². The number of hydrogen-bond acceptors (Lipinski definition) is 7. The zero-order valence-corrected chi connectivity index (χ0v) is 15.6. The van der Waals surface area contributed by atoms with Crippen LogP contribution in [0.4, 0.5) is 5.00 Å². The number of methoxy groups -OCH3 is 2. The standard InChI is InChI=1S/C17H21NO7S/c1-8-11(16(22)24-2)14(26-12(8)17(23)25-3)18-13(19)9-6-4-5-7-10(9)15(20)21/h9-10H,4-7H2,1-3H3,(H,18,19)(H,20,21)/t9-,10-/m1/s1. The van der Waals surface area contributed by atoms with Crippen molar-refractivity contribution in [2.75, 3.05) is 19.5 Å². The van der Waals surface area contributed by atoms with E-state index >= 15 is 0 Å². The summed E-state index contributed by atoms with van der Waals surface area (Å²) in [5, 5.41) is 12.1. The number of thiophene rings is 1. The fourth-order valence-electron chi connectivity index (χ4n) is 3.18. The van der Waals surface area contributed by atoms with Crippen LogP contribution in [0.2, 0.25) is 0 Å². The second-order valence-corrected chi connectivity index (χ2v) is 7.09. The molecule has 0 spiro atoms. The van der Waals surface area contributed by atoms with Crippen molar-refractivity contribution in [2.45, 2.75) is 32.6 Å². The van der Waals surface area contributed by atoms with E-state index in [0.717, 1.165) is 24.2 Å². The van der Waals surface area contributed by atoms with Crippen LogP contribution in [0.25, 0.3) is 0 Å². The van der Waals surface area contributed by atoms with Crippen LogP contribution in [0.1, 0.15) is 51.3 Å². The number of ether oxygens (including phenoxy) is 2. The Kier molecular flexibility index (Phi) is 6.36. The quantitative estimate of drug-likeness (QED) is 0.750. The monoisotopic (exact) mass is 383 g/mol. The molecule has 142 valence electrons. The number of carboxylic acids is 1. The molecule has 1 aromatic heterocycles. The van der Waals surface area contributed by atoms with Gasteiger partial charge >= 0.3 is 17.9 Å². The van der Waals surface area contributed by atoms with E-state index in [4.69, 9.17) is 9.47 Å². The predicted octanol–water partition coefficient (Wildman–Crippen LogP) is 2.46. The molecule has 8 nitrogen and oxygen atoms in total. The summed E-state index contributed by atoms with van der Waals surface area (Å²) in [4.78, 5) is 48.3. The Labute approximate surface area is 154 Å². The van der Waals surface area contributed by atoms with Crippen LogP contribution in [0, 0.1) is 18.8 Å². The van der Waals surface area contributed by atoms with E-state index < -0.39 is 35.7 Å². The maximum atomic E-state index is 12.7. The minimum atomic E-state index is -1.00. The fraction of sp³-hybridized carbons (Fsp3) is 0.529. The van der Waals surface area contributed by atoms with Crippen molar-refractivity contribution in [1.29, 1.82) is 0 Å². The number of amides is 1. The molecule has 2 N–H and O–H groups in total. The highest BCUT2D eigenvalue weighted by atomic mass is 32.1. The lowest BCUT2D eigenvalue weighted by Gasteiger charge is -2.27. The Bertz CT molecular complexity index is 740. The summed E-state index contributed by atoms with van der Waals surface area (Å²) in [6, 6.07) is 0. The molecular weight excluding hydrogens is 362 g/mol. The molecule has 0 radical (unpaired) electrons. The number of anilines is 1. The fourth-order valence-corrected chi connectivity index (χ4v) is 4.30. The summed E-state index contributed by atoms with van der Waals surface area (Å²) in [6.07, 6.45) is 2.43. The second-order valence-electron chi connectivity index (χ2n) is 6.07. The van der Waals surface area contributed by atoms with E-state index in [1.807, 2.05) is 0 Å². The third-order valence-corrected chi connectivity index (χ3v) is 5.75. The van der Waals surface area contributed by atoms with E-state index in [9.17, 15) is 24.3 Å². The topological polar surface area (TPSA) is 119 Å². The third kappa shape index (κ3) is 3.87. The summed E-state index contributed by atoms with van der Waals surface area (Å²) in [7, 11) is 2.42. The largest absolute Gasteiger partial charge is 0.481 e. The molecule has 1 aliphatic rings. The maximum absolute atomic E-state index is 12.7. The highest BCUT2D eigenvalue weighted by molar-refractivity contribution is 7.18. The minimum absolute atomic E-state index is 0.0777. The van der Waals surface area contributed by atoms with Gasteiger partial charge in [-0.3, -0.25) is 9.59 Å². The van der Waals surface area contributed by atoms with Gasteiger partial charge in [-0.1, -0.05) is 12.8 Å². The molecule has 9 heteroatoms. The summed E-state index contributed by atoms with van der Waals surface area (Å²) in [5.41, 5.74) is 0.427. The maximum Gasteiger partial charge on any atom is 0.348 e. The van der Waals surface area contributed by atoms with Gasteiger partial charge in [0.15, 0.2) is 0 Å². The van der Waals surface area contributed by atoms with Crippen LogP contribution in [0.15, 0.2) is 0 Å². The van der Waals surface area contributed by atoms with Crippen LogP contribution in [0.5, 0.6) is 0 Å². The number of hydrogen-bond donors (Lipinski definition) is 2. The minimum Gasteiger partial charge on any atom is -0.481 e. The van der Waals surface area contributed by atoms with Crippen LogP contribution in [-0.4, -0.2) is 43.1 Å². The number of carbonyl (C=O) groups excluding carboxylic acids is 3. The zero-order valence-electron chi connectivity index (χ0n) is 14.8. The van der Waals surface area contributed by atoms with Crippen molar-refractivity contribution < 1.29 is 33.8 Å². The summed E-state index contributed by atoms with van der Waals surface area (Å²) in [5.74, 6) is -4.24. The Balaban J connectivity index is 2.35. The first-order chi connectivity index (χ1) is 12.3. The van der Waals surface area contributed by atoms with Crippen molar-refractivity contribution in [3.05, 3.63) is 16.0 Å². The first-order valence-electron chi connectivity index (χ1n) is 8.15. The molecule has 0 saturated heterocycles. The second kappa shape index (κ2) is 8.31.